The summed E-state index contributed by atoms with van der Waals surface area (Å²) in [4.78, 5) is 25.6. The molecule has 1 heterocycles. The maximum atomic E-state index is 12.3. The number of hydrogen-bond acceptors (Lipinski definition) is 3. The Labute approximate surface area is 141 Å². The number of benzene rings is 1. The summed E-state index contributed by atoms with van der Waals surface area (Å²) in [5, 5.41) is 9.49. The summed E-state index contributed by atoms with van der Waals surface area (Å²) in [6, 6.07) is 3.55. The van der Waals surface area contributed by atoms with E-state index in [0.29, 0.717) is 25.1 Å². The molecule has 1 aromatic rings. The smallest absolute Gasteiger partial charge is 0.410 e. The van der Waals surface area contributed by atoms with Gasteiger partial charge in [-0.15, -0.1) is 0 Å². The standard InChI is InChI=1S/C19H23NO4/c1-11-5-6-14(17(21)22)16-13-7-8-20(10-12(13)9-15(11)16)18(23)24-19(2,3)4/h5-6H,7-10H2,1-4H3,(H,21,22). The SMILES string of the molecule is Cc1ccc(C(=O)O)c2c1CC1=C2CCN(C(=O)OC(C)(C)C)C1. The van der Waals surface area contributed by atoms with E-state index in [1.54, 1.807) is 11.0 Å². The number of aromatic carboxylic acids is 1. The monoisotopic (exact) mass is 329 g/mol. The molecule has 1 N–H and O–H groups in total. The van der Waals surface area contributed by atoms with Crippen LogP contribution >= 0.6 is 0 Å². The Balaban J connectivity index is 1.89. The Morgan fingerprint density at radius 2 is 1.96 bits per heavy atom. The first kappa shape index (κ1) is 16.6. The van der Waals surface area contributed by atoms with E-state index < -0.39 is 11.6 Å². The van der Waals surface area contributed by atoms with Gasteiger partial charge in [0.1, 0.15) is 5.60 Å². The Morgan fingerprint density at radius 1 is 1.25 bits per heavy atom. The molecule has 5 heteroatoms. The van der Waals surface area contributed by atoms with E-state index >= 15 is 0 Å². The number of carbonyl (C=O) groups is 2. The highest BCUT2D eigenvalue weighted by molar-refractivity contribution is 5.97. The molecule has 0 spiro atoms. The van der Waals surface area contributed by atoms with E-state index in [1.807, 2.05) is 33.8 Å². The molecule has 0 radical (unpaired) electrons. The van der Waals surface area contributed by atoms with E-state index in [-0.39, 0.29) is 6.09 Å². The number of nitrogens with zero attached hydrogens (tertiary/aromatic N) is 1. The zero-order chi connectivity index (χ0) is 17.6. The number of ether oxygens (including phenoxy) is 1. The highest BCUT2D eigenvalue weighted by Gasteiger charge is 2.34. The van der Waals surface area contributed by atoms with Gasteiger partial charge in [0, 0.05) is 13.1 Å². The number of fused-ring (bicyclic) bond motifs is 2. The van der Waals surface area contributed by atoms with Crippen LogP contribution in [0.5, 0.6) is 0 Å². The summed E-state index contributed by atoms with van der Waals surface area (Å²) in [5.74, 6) is -0.894. The number of amides is 1. The van der Waals surface area contributed by atoms with Crippen molar-refractivity contribution in [2.75, 3.05) is 13.1 Å². The molecule has 0 saturated heterocycles. The van der Waals surface area contributed by atoms with Crippen molar-refractivity contribution in [1.82, 2.24) is 4.90 Å². The molecule has 0 fully saturated rings. The van der Waals surface area contributed by atoms with Crippen molar-refractivity contribution in [2.45, 2.75) is 46.1 Å². The zero-order valence-corrected chi connectivity index (χ0v) is 14.6. The van der Waals surface area contributed by atoms with Gasteiger partial charge in [-0.2, -0.15) is 0 Å². The summed E-state index contributed by atoms with van der Waals surface area (Å²) < 4.78 is 5.46. The van der Waals surface area contributed by atoms with Crippen molar-refractivity contribution in [1.29, 1.82) is 0 Å². The molecule has 1 amide bonds. The third kappa shape index (κ3) is 2.90. The summed E-state index contributed by atoms with van der Waals surface area (Å²) in [7, 11) is 0. The first-order chi connectivity index (χ1) is 11.2. The molecule has 5 nitrogen and oxygen atoms in total. The largest absolute Gasteiger partial charge is 0.478 e. The van der Waals surface area contributed by atoms with Gasteiger partial charge >= 0.3 is 12.1 Å². The van der Waals surface area contributed by atoms with E-state index in [0.717, 1.165) is 34.3 Å². The lowest BCUT2D eigenvalue weighted by Gasteiger charge is -2.31. The summed E-state index contributed by atoms with van der Waals surface area (Å²) >= 11 is 0. The van der Waals surface area contributed by atoms with E-state index in [9.17, 15) is 14.7 Å². The van der Waals surface area contributed by atoms with Crippen LogP contribution < -0.4 is 0 Å². The Hall–Kier alpha value is -2.30. The fourth-order valence-corrected chi connectivity index (χ4v) is 3.49. The lowest BCUT2D eigenvalue weighted by Crippen LogP contribution is -2.40. The number of carbonyl (C=O) groups excluding carboxylic acids is 1. The van der Waals surface area contributed by atoms with Crippen molar-refractivity contribution >= 4 is 17.6 Å². The van der Waals surface area contributed by atoms with Gasteiger partial charge in [-0.25, -0.2) is 9.59 Å². The molecule has 3 rings (SSSR count). The normalized spacial score (nSPS) is 16.8. The molecule has 0 atom stereocenters. The number of rotatable bonds is 1. The molecule has 0 bridgehead atoms. The van der Waals surface area contributed by atoms with Crippen LogP contribution in [0, 0.1) is 6.92 Å². The molecule has 24 heavy (non-hydrogen) atoms. The topological polar surface area (TPSA) is 66.8 Å². The molecule has 1 aliphatic carbocycles. The lowest BCUT2D eigenvalue weighted by molar-refractivity contribution is 0.0264. The summed E-state index contributed by atoms with van der Waals surface area (Å²) in [6.45, 7) is 8.64. The average Bonchev–Trinajstić information content (AvgIpc) is 2.85. The summed E-state index contributed by atoms with van der Waals surface area (Å²) in [5.41, 5.74) is 5.16. The molecule has 0 unspecified atom stereocenters. The third-order valence-corrected chi connectivity index (χ3v) is 4.56. The second-order valence-electron chi connectivity index (χ2n) is 7.50. The second-order valence-corrected chi connectivity index (χ2v) is 7.50. The van der Waals surface area contributed by atoms with Crippen LogP contribution in [0.3, 0.4) is 0 Å². The molecular formula is C19H23NO4. The number of carboxylic acid groups (broad SMARTS) is 1. The van der Waals surface area contributed by atoms with Crippen LogP contribution in [0.25, 0.3) is 5.57 Å². The lowest BCUT2D eigenvalue weighted by atomic mass is 9.93. The van der Waals surface area contributed by atoms with Crippen molar-refractivity contribution in [3.63, 3.8) is 0 Å². The Bertz CT molecular complexity index is 755. The van der Waals surface area contributed by atoms with Gasteiger partial charge in [0.25, 0.3) is 0 Å². The zero-order valence-electron chi connectivity index (χ0n) is 14.6. The molecular weight excluding hydrogens is 306 g/mol. The van der Waals surface area contributed by atoms with E-state index in [1.165, 1.54) is 0 Å². The van der Waals surface area contributed by atoms with E-state index in [4.69, 9.17) is 4.74 Å². The minimum atomic E-state index is -0.894. The van der Waals surface area contributed by atoms with Crippen LogP contribution in [0.4, 0.5) is 4.79 Å². The highest BCUT2D eigenvalue weighted by Crippen LogP contribution is 2.41. The first-order valence-electron chi connectivity index (χ1n) is 8.22. The minimum Gasteiger partial charge on any atom is -0.478 e. The third-order valence-electron chi connectivity index (χ3n) is 4.56. The number of hydrogen-bond donors (Lipinski definition) is 1. The fraction of sp³-hybridized carbons (Fsp3) is 0.474. The van der Waals surface area contributed by atoms with Crippen molar-refractivity contribution in [2.24, 2.45) is 0 Å². The van der Waals surface area contributed by atoms with Gasteiger partial charge in [-0.05, 0) is 74.4 Å². The maximum Gasteiger partial charge on any atom is 0.410 e. The van der Waals surface area contributed by atoms with Gasteiger partial charge in [0.05, 0.1) is 5.56 Å². The molecule has 2 aliphatic rings. The number of carboxylic acids is 1. The van der Waals surface area contributed by atoms with Crippen LogP contribution in [-0.2, 0) is 11.2 Å². The fourth-order valence-electron chi connectivity index (χ4n) is 3.49. The van der Waals surface area contributed by atoms with Gasteiger partial charge < -0.3 is 14.7 Å². The summed E-state index contributed by atoms with van der Waals surface area (Å²) in [6.07, 6.45) is 1.09. The van der Waals surface area contributed by atoms with Gasteiger partial charge in [0.15, 0.2) is 0 Å². The van der Waals surface area contributed by atoms with Crippen LogP contribution in [0.2, 0.25) is 0 Å². The Morgan fingerprint density at radius 3 is 2.58 bits per heavy atom. The van der Waals surface area contributed by atoms with Gasteiger partial charge in [-0.3, -0.25) is 0 Å². The van der Waals surface area contributed by atoms with Crippen LogP contribution in [0.1, 0.15) is 54.2 Å². The van der Waals surface area contributed by atoms with Crippen molar-refractivity contribution < 1.29 is 19.4 Å². The van der Waals surface area contributed by atoms with Crippen molar-refractivity contribution in [3.8, 4) is 0 Å². The Kier molecular flexibility index (Phi) is 3.90. The van der Waals surface area contributed by atoms with Crippen LogP contribution in [-0.4, -0.2) is 40.8 Å². The quantitative estimate of drug-likeness (QED) is 0.854. The number of aryl methyl sites for hydroxylation is 1. The van der Waals surface area contributed by atoms with Gasteiger partial charge in [-0.1, -0.05) is 6.07 Å². The highest BCUT2D eigenvalue weighted by atomic mass is 16.6. The predicted molar refractivity (Wildman–Crippen MR) is 91.2 cm³/mol. The maximum absolute atomic E-state index is 12.3. The average molecular weight is 329 g/mol. The van der Waals surface area contributed by atoms with Crippen molar-refractivity contribution in [3.05, 3.63) is 40.0 Å². The predicted octanol–water partition coefficient (Wildman–Crippen LogP) is 3.64. The molecule has 0 saturated carbocycles. The molecule has 1 aliphatic heterocycles. The second kappa shape index (κ2) is 5.65. The van der Waals surface area contributed by atoms with Crippen LogP contribution in [0.15, 0.2) is 17.7 Å². The molecule has 1 aromatic carbocycles. The molecule has 128 valence electrons. The minimum absolute atomic E-state index is 0.305. The van der Waals surface area contributed by atoms with E-state index in [2.05, 4.69) is 0 Å². The first-order valence-corrected chi connectivity index (χ1v) is 8.22. The molecule has 0 aromatic heterocycles. The van der Waals surface area contributed by atoms with Gasteiger partial charge in [0.2, 0.25) is 0 Å².